The van der Waals surface area contributed by atoms with Crippen molar-refractivity contribution in [3.8, 4) is 11.5 Å². The molecular weight excluding hydrogens is 330 g/mol. The van der Waals surface area contributed by atoms with Crippen LogP contribution in [0.4, 0.5) is 0 Å². The molecule has 2 aliphatic rings. The molecule has 1 aliphatic carbocycles. The standard InChI is InChI=1S/C21H27NO4/c1-4-14-13-26-20(15-10-11-17(24-2)18(12-15)25-3)19(14)21(23)22-16-8-6-5-7-9-16/h4,10-12,16,20H,1,5-9,13H2,2-3H3,(H,22,23). The van der Waals surface area contributed by atoms with Gasteiger partial charge in [-0.25, -0.2) is 0 Å². The van der Waals surface area contributed by atoms with E-state index in [1.165, 1.54) is 19.3 Å². The Morgan fingerprint density at radius 3 is 2.58 bits per heavy atom. The van der Waals surface area contributed by atoms with Crippen molar-refractivity contribution in [2.75, 3.05) is 20.8 Å². The van der Waals surface area contributed by atoms with Gasteiger partial charge in [0.1, 0.15) is 6.10 Å². The van der Waals surface area contributed by atoms with Crippen LogP contribution in [0.2, 0.25) is 0 Å². The van der Waals surface area contributed by atoms with Gasteiger partial charge in [0.25, 0.3) is 5.91 Å². The van der Waals surface area contributed by atoms with E-state index in [1.807, 2.05) is 18.2 Å². The second-order valence-electron chi connectivity index (χ2n) is 6.76. The Morgan fingerprint density at radius 1 is 1.19 bits per heavy atom. The Morgan fingerprint density at radius 2 is 1.92 bits per heavy atom. The van der Waals surface area contributed by atoms with E-state index in [2.05, 4.69) is 11.9 Å². The van der Waals surface area contributed by atoms with E-state index in [1.54, 1.807) is 20.3 Å². The second kappa shape index (κ2) is 8.41. The van der Waals surface area contributed by atoms with Gasteiger partial charge in [-0.05, 0) is 36.1 Å². The van der Waals surface area contributed by atoms with Crippen molar-refractivity contribution >= 4 is 5.91 Å². The molecule has 0 saturated heterocycles. The molecule has 1 unspecified atom stereocenters. The maximum Gasteiger partial charge on any atom is 0.250 e. The molecule has 5 nitrogen and oxygen atoms in total. The SMILES string of the molecule is C=CC1=C(C(=O)NC2CCCCC2)C(c2ccc(OC)c(OC)c2)OC1. The van der Waals surface area contributed by atoms with Crippen LogP contribution >= 0.6 is 0 Å². The lowest BCUT2D eigenvalue weighted by Crippen LogP contribution is -2.38. The molecule has 1 atom stereocenters. The normalized spacial score (nSPS) is 20.8. The zero-order valence-corrected chi connectivity index (χ0v) is 15.5. The van der Waals surface area contributed by atoms with Crippen molar-refractivity contribution in [2.45, 2.75) is 44.2 Å². The van der Waals surface area contributed by atoms with Gasteiger partial charge in [0, 0.05) is 6.04 Å². The summed E-state index contributed by atoms with van der Waals surface area (Å²) in [5.74, 6) is 1.21. The van der Waals surface area contributed by atoms with Gasteiger partial charge in [-0.1, -0.05) is 38.0 Å². The van der Waals surface area contributed by atoms with Gasteiger partial charge in [-0.2, -0.15) is 0 Å². The first-order chi connectivity index (χ1) is 12.7. The van der Waals surface area contributed by atoms with Crippen molar-refractivity contribution < 1.29 is 19.0 Å². The van der Waals surface area contributed by atoms with Crippen LogP contribution in [-0.2, 0) is 9.53 Å². The van der Waals surface area contributed by atoms with Crippen LogP contribution in [-0.4, -0.2) is 32.8 Å². The van der Waals surface area contributed by atoms with Crippen LogP contribution in [0, 0.1) is 0 Å². The number of methoxy groups -OCH3 is 2. The first-order valence-corrected chi connectivity index (χ1v) is 9.17. The van der Waals surface area contributed by atoms with E-state index in [4.69, 9.17) is 14.2 Å². The summed E-state index contributed by atoms with van der Waals surface area (Å²) in [6.07, 6.45) is 6.99. The molecule has 0 spiro atoms. The maximum atomic E-state index is 13.0. The lowest BCUT2D eigenvalue weighted by Gasteiger charge is -2.24. The van der Waals surface area contributed by atoms with Crippen LogP contribution in [0.1, 0.15) is 43.8 Å². The van der Waals surface area contributed by atoms with E-state index in [0.29, 0.717) is 23.7 Å². The third-order valence-corrected chi connectivity index (χ3v) is 5.16. The molecule has 3 rings (SSSR count). The van der Waals surface area contributed by atoms with Crippen LogP contribution < -0.4 is 14.8 Å². The molecule has 1 N–H and O–H groups in total. The number of benzene rings is 1. The van der Waals surface area contributed by atoms with Crippen LogP contribution in [0.15, 0.2) is 42.0 Å². The van der Waals surface area contributed by atoms with Gasteiger partial charge < -0.3 is 19.5 Å². The molecule has 1 aliphatic heterocycles. The molecule has 1 amide bonds. The average molecular weight is 357 g/mol. The monoisotopic (exact) mass is 357 g/mol. The summed E-state index contributed by atoms with van der Waals surface area (Å²) in [5, 5.41) is 3.20. The number of ether oxygens (including phenoxy) is 3. The minimum atomic E-state index is -0.425. The van der Waals surface area contributed by atoms with Gasteiger partial charge in [-0.15, -0.1) is 0 Å². The molecule has 1 aromatic carbocycles. The Hall–Kier alpha value is -2.27. The third-order valence-electron chi connectivity index (χ3n) is 5.16. The predicted molar refractivity (Wildman–Crippen MR) is 100 cm³/mol. The van der Waals surface area contributed by atoms with Crippen molar-refractivity contribution in [3.63, 3.8) is 0 Å². The fourth-order valence-corrected chi connectivity index (χ4v) is 3.73. The molecule has 1 saturated carbocycles. The molecule has 0 radical (unpaired) electrons. The molecule has 1 fully saturated rings. The number of nitrogens with one attached hydrogen (secondary N) is 1. The first-order valence-electron chi connectivity index (χ1n) is 9.17. The van der Waals surface area contributed by atoms with E-state index < -0.39 is 6.10 Å². The topological polar surface area (TPSA) is 56.8 Å². The number of hydrogen-bond acceptors (Lipinski definition) is 4. The quantitative estimate of drug-likeness (QED) is 0.843. The lowest BCUT2D eigenvalue weighted by molar-refractivity contribution is -0.119. The molecule has 26 heavy (non-hydrogen) atoms. The summed E-state index contributed by atoms with van der Waals surface area (Å²) in [7, 11) is 3.20. The predicted octanol–water partition coefficient (Wildman–Crippen LogP) is 3.71. The fourth-order valence-electron chi connectivity index (χ4n) is 3.73. The minimum absolute atomic E-state index is 0.0518. The number of hydrogen-bond donors (Lipinski definition) is 1. The number of amides is 1. The summed E-state index contributed by atoms with van der Waals surface area (Å²) in [6, 6.07) is 5.86. The van der Waals surface area contributed by atoms with E-state index >= 15 is 0 Å². The molecule has 1 heterocycles. The Balaban J connectivity index is 1.85. The van der Waals surface area contributed by atoms with Crippen LogP contribution in [0.3, 0.4) is 0 Å². The minimum Gasteiger partial charge on any atom is -0.493 e. The van der Waals surface area contributed by atoms with Gasteiger partial charge in [0.05, 0.1) is 26.4 Å². The smallest absolute Gasteiger partial charge is 0.250 e. The summed E-state index contributed by atoms with van der Waals surface area (Å²) >= 11 is 0. The van der Waals surface area contributed by atoms with Gasteiger partial charge in [-0.3, -0.25) is 4.79 Å². The Kier molecular flexibility index (Phi) is 5.99. The zero-order chi connectivity index (χ0) is 18.5. The van der Waals surface area contributed by atoms with E-state index in [0.717, 1.165) is 24.0 Å². The van der Waals surface area contributed by atoms with E-state index in [-0.39, 0.29) is 11.9 Å². The molecule has 1 aromatic rings. The molecular formula is C21H27NO4. The summed E-state index contributed by atoms with van der Waals surface area (Å²) < 4.78 is 16.6. The van der Waals surface area contributed by atoms with Gasteiger partial charge >= 0.3 is 0 Å². The van der Waals surface area contributed by atoms with Crippen LogP contribution in [0.25, 0.3) is 0 Å². The lowest BCUT2D eigenvalue weighted by atomic mass is 9.93. The third kappa shape index (κ3) is 3.78. The highest BCUT2D eigenvalue weighted by Crippen LogP contribution is 2.39. The highest BCUT2D eigenvalue weighted by atomic mass is 16.5. The highest BCUT2D eigenvalue weighted by Gasteiger charge is 2.33. The number of carbonyl (C=O) groups excluding carboxylic acids is 1. The summed E-state index contributed by atoms with van der Waals surface area (Å²) in [5.41, 5.74) is 2.36. The fraction of sp³-hybridized carbons (Fsp3) is 0.476. The highest BCUT2D eigenvalue weighted by molar-refractivity contribution is 5.96. The molecule has 0 bridgehead atoms. The largest absolute Gasteiger partial charge is 0.493 e. The van der Waals surface area contributed by atoms with Gasteiger partial charge in [0.2, 0.25) is 0 Å². The molecule has 5 heteroatoms. The second-order valence-corrected chi connectivity index (χ2v) is 6.76. The van der Waals surface area contributed by atoms with Crippen molar-refractivity contribution in [3.05, 3.63) is 47.6 Å². The molecule has 140 valence electrons. The van der Waals surface area contributed by atoms with Crippen molar-refractivity contribution in [2.24, 2.45) is 0 Å². The van der Waals surface area contributed by atoms with E-state index in [9.17, 15) is 4.79 Å². The van der Waals surface area contributed by atoms with Crippen LogP contribution in [0.5, 0.6) is 11.5 Å². The summed E-state index contributed by atoms with van der Waals surface area (Å²) in [4.78, 5) is 13.0. The average Bonchev–Trinajstić information content (AvgIpc) is 3.12. The van der Waals surface area contributed by atoms with Gasteiger partial charge in [0.15, 0.2) is 11.5 Å². The molecule has 0 aromatic heterocycles. The number of rotatable bonds is 6. The Labute approximate surface area is 155 Å². The maximum absolute atomic E-state index is 13.0. The zero-order valence-electron chi connectivity index (χ0n) is 15.5. The Bertz CT molecular complexity index is 704. The first kappa shape index (κ1) is 18.5. The number of carbonyl (C=O) groups is 1. The summed E-state index contributed by atoms with van der Waals surface area (Å²) in [6.45, 7) is 4.23. The van der Waals surface area contributed by atoms with Crippen molar-refractivity contribution in [1.29, 1.82) is 0 Å². The van der Waals surface area contributed by atoms with Crippen molar-refractivity contribution in [1.82, 2.24) is 5.32 Å².